The van der Waals surface area contributed by atoms with Gasteiger partial charge in [0, 0.05) is 23.9 Å². The molecule has 0 spiro atoms. The zero-order valence-corrected chi connectivity index (χ0v) is 17.9. The van der Waals surface area contributed by atoms with Crippen LogP contribution in [0.15, 0.2) is 43.0 Å². The summed E-state index contributed by atoms with van der Waals surface area (Å²) in [6.45, 7) is 3.58. The van der Waals surface area contributed by atoms with Crippen LogP contribution in [0.25, 0.3) is 0 Å². The van der Waals surface area contributed by atoms with Gasteiger partial charge in [0.1, 0.15) is 0 Å². The number of benzene rings is 2. The van der Waals surface area contributed by atoms with E-state index in [1.165, 1.54) is 19.1 Å². The molecule has 0 atom stereocenters. The maximum atomic E-state index is 12.8. The van der Waals surface area contributed by atoms with E-state index < -0.39 is 0 Å². The van der Waals surface area contributed by atoms with Crippen molar-refractivity contribution in [2.24, 2.45) is 0 Å². The zero-order chi connectivity index (χ0) is 21.6. The quantitative estimate of drug-likeness (QED) is 0.620. The van der Waals surface area contributed by atoms with E-state index in [9.17, 15) is 9.59 Å². The Kier molecular flexibility index (Phi) is 7.93. The molecule has 6 nitrogen and oxygen atoms in total. The average molecular weight is 437 g/mol. The van der Waals surface area contributed by atoms with Gasteiger partial charge in [0.2, 0.25) is 5.91 Å². The van der Waals surface area contributed by atoms with Crippen molar-refractivity contribution < 1.29 is 19.1 Å². The molecule has 0 saturated heterocycles. The lowest BCUT2D eigenvalue weighted by Gasteiger charge is -2.19. The predicted molar refractivity (Wildman–Crippen MR) is 115 cm³/mol. The highest BCUT2D eigenvalue weighted by molar-refractivity contribution is 6.42. The van der Waals surface area contributed by atoms with Gasteiger partial charge in [-0.05, 0) is 36.8 Å². The van der Waals surface area contributed by atoms with Gasteiger partial charge in [-0.2, -0.15) is 0 Å². The largest absolute Gasteiger partial charge is 0.493 e. The Bertz CT molecular complexity index is 931. The van der Waals surface area contributed by atoms with Gasteiger partial charge in [-0.1, -0.05) is 29.3 Å². The van der Waals surface area contributed by atoms with Crippen LogP contribution in [0.5, 0.6) is 11.5 Å². The lowest BCUT2D eigenvalue weighted by atomic mass is 10.0. The number of likely N-dealkylation sites (N-methyl/N-ethyl adjacent to an activating group) is 1. The standard InChI is InChI=1S/C21H22Cl2N2O4/c1-5-6-13-9-14(10-18(28-3)20(13)29-4)21(27)25(2)12-19(26)24-15-7-8-16(22)17(23)11-15/h5,7-11H,1,6,12H2,2-4H3,(H,24,26). The Morgan fingerprint density at radius 1 is 1.14 bits per heavy atom. The highest BCUT2D eigenvalue weighted by Crippen LogP contribution is 2.33. The third-order valence-corrected chi connectivity index (χ3v) is 4.84. The Hall–Kier alpha value is -2.70. The summed E-state index contributed by atoms with van der Waals surface area (Å²) in [6.07, 6.45) is 2.21. The van der Waals surface area contributed by atoms with Crippen LogP contribution in [0, 0.1) is 0 Å². The summed E-state index contributed by atoms with van der Waals surface area (Å²) < 4.78 is 10.7. The molecule has 2 aromatic carbocycles. The summed E-state index contributed by atoms with van der Waals surface area (Å²) in [5.74, 6) is 0.277. The number of halogens is 2. The van der Waals surface area contributed by atoms with Gasteiger partial charge >= 0.3 is 0 Å². The molecule has 0 heterocycles. The Balaban J connectivity index is 2.16. The van der Waals surface area contributed by atoms with Gasteiger partial charge in [-0.25, -0.2) is 0 Å². The lowest BCUT2D eigenvalue weighted by Crippen LogP contribution is -2.35. The summed E-state index contributed by atoms with van der Waals surface area (Å²) in [6, 6.07) is 8.04. The number of rotatable bonds is 8. The fourth-order valence-corrected chi connectivity index (χ4v) is 3.05. The van der Waals surface area contributed by atoms with Crippen LogP contribution in [0.3, 0.4) is 0 Å². The molecule has 0 aromatic heterocycles. The molecule has 1 N–H and O–H groups in total. The number of nitrogens with one attached hydrogen (secondary N) is 1. The second-order valence-electron chi connectivity index (χ2n) is 6.20. The van der Waals surface area contributed by atoms with E-state index in [1.807, 2.05) is 0 Å². The molecular formula is C21H22Cl2N2O4. The average Bonchev–Trinajstić information content (AvgIpc) is 2.69. The van der Waals surface area contributed by atoms with Crippen LogP contribution in [0.2, 0.25) is 10.0 Å². The summed E-state index contributed by atoms with van der Waals surface area (Å²) in [5, 5.41) is 3.40. The number of allylic oxidation sites excluding steroid dienone is 1. The molecule has 8 heteroatoms. The fraction of sp³-hybridized carbons (Fsp3) is 0.238. The fourth-order valence-electron chi connectivity index (χ4n) is 2.76. The second-order valence-corrected chi connectivity index (χ2v) is 7.02. The number of anilines is 1. The summed E-state index contributed by atoms with van der Waals surface area (Å²) in [4.78, 5) is 26.5. The maximum absolute atomic E-state index is 12.8. The highest BCUT2D eigenvalue weighted by atomic mass is 35.5. The van der Waals surface area contributed by atoms with Crippen molar-refractivity contribution in [1.29, 1.82) is 0 Å². The van der Waals surface area contributed by atoms with Crippen LogP contribution in [0.1, 0.15) is 15.9 Å². The van der Waals surface area contributed by atoms with E-state index in [0.717, 1.165) is 5.56 Å². The predicted octanol–water partition coefficient (Wildman–Crippen LogP) is 4.45. The topological polar surface area (TPSA) is 67.9 Å². The number of carbonyl (C=O) groups is 2. The molecular weight excluding hydrogens is 415 g/mol. The highest BCUT2D eigenvalue weighted by Gasteiger charge is 2.20. The first-order valence-electron chi connectivity index (χ1n) is 8.66. The molecule has 0 radical (unpaired) electrons. The summed E-state index contributed by atoms with van der Waals surface area (Å²) >= 11 is 11.8. The van der Waals surface area contributed by atoms with Crippen LogP contribution >= 0.6 is 23.2 Å². The number of carbonyl (C=O) groups excluding carboxylic acids is 2. The van der Waals surface area contributed by atoms with Crippen molar-refractivity contribution in [3.05, 3.63) is 64.2 Å². The molecule has 29 heavy (non-hydrogen) atoms. The van der Waals surface area contributed by atoms with Crippen molar-refractivity contribution in [1.82, 2.24) is 4.90 Å². The first-order chi connectivity index (χ1) is 13.8. The van der Waals surface area contributed by atoms with E-state index >= 15 is 0 Å². The molecule has 154 valence electrons. The number of hydrogen-bond acceptors (Lipinski definition) is 4. The molecule has 0 fully saturated rings. The van der Waals surface area contributed by atoms with Gasteiger partial charge in [0.05, 0.1) is 30.8 Å². The van der Waals surface area contributed by atoms with Gasteiger partial charge in [-0.15, -0.1) is 6.58 Å². The van der Waals surface area contributed by atoms with Gasteiger partial charge in [0.15, 0.2) is 11.5 Å². The van der Waals surface area contributed by atoms with Crippen molar-refractivity contribution in [3.63, 3.8) is 0 Å². The van der Waals surface area contributed by atoms with E-state index in [4.69, 9.17) is 32.7 Å². The smallest absolute Gasteiger partial charge is 0.254 e. The van der Waals surface area contributed by atoms with Crippen molar-refractivity contribution in [3.8, 4) is 11.5 Å². The zero-order valence-electron chi connectivity index (χ0n) is 16.4. The van der Waals surface area contributed by atoms with Crippen LogP contribution < -0.4 is 14.8 Å². The molecule has 2 aromatic rings. The van der Waals surface area contributed by atoms with Crippen LogP contribution in [-0.2, 0) is 11.2 Å². The lowest BCUT2D eigenvalue weighted by molar-refractivity contribution is -0.116. The van der Waals surface area contributed by atoms with Gasteiger partial charge < -0.3 is 19.7 Å². The molecule has 0 aliphatic heterocycles. The first-order valence-corrected chi connectivity index (χ1v) is 9.42. The summed E-state index contributed by atoms with van der Waals surface area (Å²) in [7, 11) is 4.57. The maximum Gasteiger partial charge on any atom is 0.254 e. The SMILES string of the molecule is C=CCc1cc(C(=O)N(C)CC(=O)Nc2ccc(Cl)c(Cl)c2)cc(OC)c1OC. The molecule has 2 amide bonds. The molecule has 0 saturated carbocycles. The minimum atomic E-state index is -0.369. The molecule has 0 bridgehead atoms. The normalized spacial score (nSPS) is 10.2. The third kappa shape index (κ3) is 5.65. The third-order valence-electron chi connectivity index (χ3n) is 4.10. The molecule has 0 aliphatic rings. The number of nitrogens with zero attached hydrogens (tertiary/aromatic N) is 1. The Labute approximate surface area is 180 Å². The Morgan fingerprint density at radius 2 is 1.86 bits per heavy atom. The first kappa shape index (κ1) is 22.6. The summed E-state index contributed by atoms with van der Waals surface area (Å²) in [5.41, 5.74) is 1.63. The molecule has 0 unspecified atom stereocenters. The monoisotopic (exact) mass is 436 g/mol. The number of methoxy groups -OCH3 is 2. The molecule has 0 aliphatic carbocycles. The minimum absolute atomic E-state index is 0.149. The van der Waals surface area contributed by atoms with Gasteiger partial charge in [-0.3, -0.25) is 9.59 Å². The van der Waals surface area contributed by atoms with Crippen molar-refractivity contribution in [2.75, 3.05) is 33.1 Å². The van der Waals surface area contributed by atoms with E-state index in [2.05, 4.69) is 11.9 Å². The minimum Gasteiger partial charge on any atom is -0.493 e. The van der Waals surface area contributed by atoms with Crippen LogP contribution in [-0.4, -0.2) is 44.5 Å². The number of hydrogen-bond donors (Lipinski definition) is 1. The van der Waals surface area contributed by atoms with E-state index in [-0.39, 0.29) is 18.4 Å². The second kappa shape index (κ2) is 10.2. The van der Waals surface area contributed by atoms with Crippen molar-refractivity contribution in [2.45, 2.75) is 6.42 Å². The van der Waals surface area contributed by atoms with Crippen LogP contribution in [0.4, 0.5) is 5.69 Å². The molecule has 2 rings (SSSR count). The number of ether oxygens (including phenoxy) is 2. The number of amides is 2. The van der Waals surface area contributed by atoms with E-state index in [1.54, 1.807) is 43.5 Å². The van der Waals surface area contributed by atoms with Gasteiger partial charge in [0.25, 0.3) is 5.91 Å². The van der Waals surface area contributed by atoms with E-state index in [0.29, 0.717) is 39.2 Å². The Morgan fingerprint density at radius 3 is 2.45 bits per heavy atom. The van der Waals surface area contributed by atoms with Crippen molar-refractivity contribution >= 4 is 40.7 Å².